The van der Waals surface area contributed by atoms with Crippen molar-refractivity contribution in [3.05, 3.63) is 56.7 Å². The van der Waals surface area contributed by atoms with E-state index in [9.17, 15) is 9.59 Å². The van der Waals surface area contributed by atoms with Gasteiger partial charge in [0, 0.05) is 23.3 Å². The Bertz CT molecular complexity index is 1080. The number of rotatable bonds is 7. The lowest BCUT2D eigenvalue weighted by molar-refractivity contribution is -0.131. The second kappa shape index (κ2) is 9.49. The predicted octanol–water partition coefficient (Wildman–Crippen LogP) is 3.53. The standard InChI is InChI=1S/C22H23N3O4S2/c1-28-18-8-14-5-6-25(12-15(14)9-19(18)29-2)21(27)10-16-13-31-22(23-16)24-20(26)11-17-4-3-7-30-17/h3-4,7-9,13H,5-6,10-12H2,1-2H3,(H,23,24,26). The molecule has 2 aromatic heterocycles. The molecule has 1 aromatic carbocycles. The van der Waals surface area contributed by atoms with Crippen molar-refractivity contribution < 1.29 is 19.1 Å². The minimum Gasteiger partial charge on any atom is -0.493 e. The molecule has 3 heterocycles. The van der Waals surface area contributed by atoms with Gasteiger partial charge in [0.2, 0.25) is 11.8 Å². The largest absolute Gasteiger partial charge is 0.493 e. The molecule has 1 N–H and O–H groups in total. The van der Waals surface area contributed by atoms with Crippen LogP contribution in [0.15, 0.2) is 35.0 Å². The molecule has 31 heavy (non-hydrogen) atoms. The molecule has 4 rings (SSSR count). The van der Waals surface area contributed by atoms with E-state index in [4.69, 9.17) is 9.47 Å². The summed E-state index contributed by atoms with van der Waals surface area (Å²) in [5.41, 5.74) is 2.91. The average Bonchev–Trinajstić information content (AvgIpc) is 3.44. The Morgan fingerprint density at radius 3 is 2.61 bits per heavy atom. The molecule has 0 bridgehead atoms. The Balaban J connectivity index is 1.35. The Labute approximate surface area is 188 Å². The zero-order valence-electron chi connectivity index (χ0n) is 17.3. The number of anilines is 1. The molecule has 1 aliphatic rings. The fraction of sp³-hybridized carbons (Fsp3) is 0.318. The number of thiophene rings is 1. The highest BCUT2D eigenvalue weighted by molar-refractivity contribution is 7.14. The number of ether oxygens (including phenoxy) is 2. The van der Waals surface area contributed by atoms with Crippen LogP contribution in [0.3, 0.4) is 0 Å². The van der Waals surface area contributed by atoms with Gasteiger partial charge >= 0.3 is 0 Å². The summed E-state index contributed by atoms with van der Waals surface area (Å²) in [6, 6.07) is 7.78. The van der Waals surface area contributed by atoms with Crippen molar-refractivity contribution in [3.63, 3.8) is 0 Å². The van der Waals surface area contributed by atoms with Crippen molar-refractivity contribution in [1.82, 2.24) is 9.88 Å². The molecule has 3 aromatic rings. The van der Waals surface area contributed by atoms with Gasteiger partial charge in [-0.3, -0.25) is 9.59 Å². The number of carbonyl (C=O) groups is 2. The summed E-state index contributed by atoms with van der Waals surface area (Å²) in [7, 11) is 3.23. The van der Waals surface area contributed by atoms with Gasteiger partial charge in [0.25, 0.3) is 0 Å². The maximum absolute atomic E-state index is 12.8. The van der Waals surface area contributed by atoms with E-state index in [2.05, 4.69) is 10.3 Å². The summed E-state index contributed by atoms with van der Waals surface area (Å²) >= 11 is 2.88. The molecule has 0 aliphatic carbocycles. The van der Waals surface area contributed by atoms with E-state index in [-0.39, 0.29) is 18.2 Å². The Kier molecular flexibility index (Phi) is 6.53. The summed E-state index contributed by atoms with van der Waals surface area (Å²) in [6.07, 6.45) is 1.30. The molecule has 0 saturated carbocycles. The quantitative estimate of drug-likeness (QED) is 0.587. The van der Waals surface area contributed by atoms with Crippen molar-refractivity contribution in [1.29, 1.82) is 0 Å². The number of thiazole rings is 1. The van der Waals surface area contributed by atoms with Crippen LogP contribution in [-0.2, 0) is 35.4 Å². The normalized spacial score (nSPS) is 12.9. The summed E-state index contributed by atoms with van der Waals surface area (Å²) < 4.78 is 10.8. The lowest BCUT2D eigenvalue weighted by Crippen LogP contribution is -2.37. The summed E-state index contributed by atoms with van der Waals surface area (Å²) in [6.45, 7) is 1.18. The van der Waals surface area contributed by atoms with Crippen molar-refractivity contribution in [2.24, 2.45) is 0 Å². The first kappa shape index (κ1) is 21.3. The van der Waals surface area contributed by atoms with Gasteiger partial charge in [-0.05, 0) is 41.1 Å². The van der Waals surface area contributed by atoms with Gasteiger partial charge in [-0.2, -0.15) is 0 Å². The highest BCUT2D eigenvalue weighted by atomic mass is 32.1. The number of aromatic nitrogens is 1. The zero-order valence-corrected chi connectivity index (χ0v) is 19.0. The lowest BCUT2D eigenvalue weighted by Gasteiger charge is -2.29. The molecule has 2 amide bonds. The second-order valence-corrected chi connectivity index (χ2v) is 9.06. The molecule has 0 unspecified atom stereocenters. The smallest absolute Gasteiger partial charge is 0.231 e. The fourth-order valence-corrected chi connectivity index (χ4v) is 4.97. The van der Waals surface area contributed by atoms with Crippen LogP contribution in [0.4, 0.5) is 5.13 Å². The molecule has 0 fully saturated rings. The maximum atomic E-state index is 12.8. The van der Waals surface area contributed by atoms with Crippen molar-refractivity contribution in [2.75, 3.05) is 26.1 Å². The molecule has 162 valence electrons. The van der Waals surface area contributed by atoms with Crippen LogP contribution in [0.25, 0.3) is 0 Å². The van der Waals surface area contributed by atoms with Gasteiger partial charge < -0.3 is 19.7 Å². The lowest BCUT2D eigenvalue weighted by atomic mass is 9.98. The molecular weight excluding hydrogens is 434 g/mol. The number of hydrogen-bond donors (Lipinski definition) is 1. The summed E-state index contributed by atoms with van der Waals surface area (Å²) in [5, 5.41) is 7.10. The number of nitrogens with zero attached hydrogens (tertiary/aromatic N) is 2. The fourth-order valence-electron chi connectivity index (χ4n) is 3.54. The van der Waals surface area contributed by atoms with Crippen molar-refractivity contribution in [3.8, 4) is 11.5 Å². The maximum Gasteiger partial charge on any atom is 0.231 e. The van der Waals surface area contributed by atoms with E-state index >= 15 is 0 Å². The van der Waals surface area contributed by atoms with E-state index in [1.54, 1.807) is 25.6 Å². The molecule has 0 spiro atoms. The molecule has 0 atom stereocenters. The molecule has 0 saturated heterocycles. The first-order valence-corrected chi connectivity index (χ1v) is 11.6. The van der Waals surface area contributed by atoms with Crippen molar-refractivity contribution in [2.45, 2.75) is 25.8 Å². The SMILES string of the molecule is COc1cc2c(cc1OC)CN(C(=O)Cc1csc(NC(=O)Cc3cccs3)n1)CC2. The first-order chi connectivity index (χ1) is 15.1. The molecule has 7 nitrogen and oxygen atoms in total. The Morgan fingerprint density at radius 2 is 1.90 bits per heavy atom. The monoisotopic (exact) mass is 457 g/mol. The number of benzene rings is 1. The van der Waals surface area contributed by atoms with Gasteiger partial charge in [0.1, 0.15) is 0 Å². The van der Waals surface area contributed by atoms with Gasteiger partial charge in [-0.15, -0.1) is 22.7 Å². The number of carbonyl (C=O) groups excluding carboxylic acids is 2. The van der Waals surface area contributed by atoms with Crippen LogP contribution in [0.5, 0.6) is 11.5 Å². The number of nitrogens with one attached hydrogen (secondary N) is 1. The molecule has 9 heteroatoms. The topological polar surface area (TPSA) is 80.8 Å². The van der Waals surface area contributed by atoms with Crippen LogP contribution in [-0.4, -0.2) is 42.5 Å². The number of amides is 2. The number of methoxy groups -OCH3 is 2. The van der Waals surface area contributed by atoms with Gasteiger partial charge in [-0.25, -0.2) is 4.98 Å². The second-order valence-electron chi connectivity index (χ2n) is 7.17. The highest BCUT2D eigenvalue weighted by Gasteiger charge is 2.23. The summed E-state index contributed by atoms with van der Waals surface area (Å²) in [5.74, 6) is 1.28. The van der Waals surface area contributed by atoms with E-state index in [0.717, 1.165) is 16.9 Å². The van der Waals surface area contributed by atoms with Gasteiger partial charge in [0.05, 0.1) is 32.8 Å². The number of fused-ring (bicyclic) bond motifs is 1. The first-order valence-electron chi connectivity index (χ1n) is 9.84. The van der Waals surface area contributed by atoms with Crippen LogP contribution in [0.1, 0.15) is 21.7 Å². The third-order valence-electron chi connectivity index (χ3n) is 5.12. The van der Waals surface area contributed by atoms with Crippen molar-refractivity contribution >= 4 is 39.6 Å². The number of hydrogen-bond acceptors (Lipinski definition) is 7. The Morgan fingerprint density at radius 1 is 1.13 bits per heavy atom. The molecule has 1 aliphatic heterocycles. The molecule has 0 radical (unpaired) electrons. The average molecular weight is 458 g/mol. The van der Waals surface area contributed by atoms with E-state index < -0.39 is 0 Å². The minimum absolute atomic E-state index is 0.0159. The van der Waals surface area contributed by atoms with Gasteiger partial charge in [0.15, 0.2) is 16.6 Å². The zero-order chi connectivity index (χ0) is 21.8. The van der Waals surface area contributed by atoms with E-state index in [0.29, 0.717) is 41.8 Å². The van der Waals surface area contributed by atoms with Crippen LogP contribution >= 0.6 is 22.7 Å². The van der Waals surface area contributed by atoms with E-state index in [1.807, 2.05) is 39.9 Å². The third kappa shape index (κ3) is 5.05. The van der Waals surface area contributed by atoms with Crippen LogP contribution in [0.2, 0.25) is 0 Å². The summed E-state index contributed by atoms with van der Waals surface area (Å²) in [4.78, 5) is 32.2. The third-order valence-corrected chi connectivity index (χ3v) is 6.80. The predicted molar refractivity (Wildman–Crippen MR) is 121 cm³/mol. The minimum atomic E-state index is -0.105. The van der Waals surface area contributed by atoms with Crippen LogP contribution < -0.4 is 14.8 Å². The van der Waals surface area contributed by atoms with E-state index in [1.165, 1.54) is 16.9 Å². The Hall–Kier alpha value is -2.91. The molecular formula is C22H23N3O4S2. The van der Waals surface area contributed by atoms with Crippen LogP contribution in [0, 0.1) is 0 Å². The van der Waals surface area contributed by atoms with Gasteiger partial charge in [-0.1, -0.05) is 6.07 Å². The highest BCUT2D eigenvalue weighted by Crippen LogP contribution is 2.33.